The van der Waals surface area contributed by atoms with Crippen LogP contribution >= 0.6 is 34.5 Å². The van der Waals surface area contributed by atoms with Crippen molar-refractivity contribution in [2.45, 2.75) is 18.2 Å². The van der Waals surface area contributed by atoms with E-state index in [1.54, 1.807) is 5.38 Å². The zero-order chi connectivity index (χ0) is 17.0. The maximum atomic E-state index is 12.1. The summed E-state index contributed by atoms with van der Waals surface area (Å²) in [5.41, 5.74) is 3.06. The van der Waals surface area contributed by atoms with Crippen molar-refractivity contribution < 1.29 is 14.3 Å². The Hall–Kier alpha value is -1.56. The van der Waals surface area contributed by atoms with Crippen molar-refractivity contribution in [3.63, 3.8) is 0 Å². The Morgan fingerprint density at radius 1 is 1.26 bits per heavy atom. The molecular weight excluding hydrogens is 357 g/mol. The summed E-state index contributed by atoms with van der Waals surface area (Å²) in [6, 6.07) is 7.87. The van der Waals surface area contributed by atoms with E-state index >= 15 is 0 Å². The topological polar surface area (TPSA) is 55.4 Å². The summed E-state index contributed by atoms with van der Waals surface area (Å²) in [7, 11) is 1.29. The molecule has 0 fully saturated rings. The van der Waals surface area contributed by atoms with Gasteiger partial charge in [-0.3, -0.25) is 4.79 Å². The van der Waals surface area contributed by atoms with Crippen LogP contribution < -0.4 is 5.32 Å². The molecule has 0 spiro atoms. The fourth-order valence-electron chi connectivity index (χ4n) is 2.05. The number of carbonyl (C=O) groups excluding carboxylic acids is 2. The Bertz CT molecular complexity index is 711. The van der Waals surface area contributed by atoms with Gasteiger partial charge in [-0.25, -0.2) is 4.79 Å². The van der Waals surface area contributed by atoms with E-state index < -0.39 is 16.7 Å². The summed E-state index contributed by atoms with van der Waals surface area (Å²) in [6.07, 6.45) is 0.932. The van der Waals surface area contributed by atoms with Gasteiger partial charge >= 0.3 is 5.97 Å². The Morgan fingerprint density at radius 3 is 2.43 bits per heavy atom. The molecule has 0 saturated carbocycles. The minimum atomic E-state index is -1.21. The second-order valence-electron chi connectivity index (χ2n) is 4.69. The summed E-state index contributed by atoms with van der Waals surface area (Å²) in [5, 5.41) is 4.71. The van der Waals surface area contributed by atoms with Crippen molar-refractivity contribution in [3.8, 4) is 11.1 Å². The number of rotatable bonds is 5. The molecule has 0 unspecified atom stereocenters. The molecule has 0 atom stereocenters. The van der Waals surface area contributed by atoms with Gasteiger partial charge in [0, 0.05) is 10.9 Å². The minimum Gasteiger partial charge on any atom is -0.465 e. The van der Waals surface area contributed by atoms with Crippen LogP contribution in [-0.2, 0) is 16.0 Å². The number of anilines is 1. The number of nitrogens with one attached hydrogen (secondary N) is 1. The molecule has 4 nitrogen and oxygen atoms in total. The molecule has 1 amide bonds. The summed E-state index contributed by atoms with van der Waals surface area (Å²) >= 11 is 12.3. The molecule has 1 heterocycles. The first-order valence-corrected chi connectivity index (χ1v) is 8.61. The number of methoxy groups -OCH3 is 1. The lowest BCUT2D eigenvalue weighted by Crippen LogP contribution is -2.19. The molecule has 0 saturated heterocycles. The van der Waals surface area contributed by atoms with Crippen LogP contribution in [0.15, 0.2) is 29.6 Å². The number of amides is 1. The number of hydrogen-bond donors (Lipinski definition) is 1. The molecule has 1 aromatic heterocycles. The number of thiophene rings is 1. The number of benzene rings is 1. The molecule has 0 aliphatic heterocycles. The van der Waals surface area contributed by atoms with Crippen LogP contribution in [0.5, 0.6) is 0 Å². The normalized spacial score (nSPS) is 10.7. The predicted octanol–water partition coefficient (Wildman–Crippen LogP) is 4.51. The van der Waals surface area contributed by atoms with Crippen molar-refractivity contribution in [1.29, 1.82) is 0 Å². The second kappa shape index (κ2) is 7.81. The maximum absolute atomic E-state index is 12.1. The minimum absolute atomic E-state index is 0.295. The van der Waals surface area contributed by atoms with E-state index in [1.807, 2.05) is 24.3 Å². The number of ether oxygens (including phenoxy) is 1. The highest BCUT2D eigenvalue weighted by molar-refractivity contribution is 7.15. The van der Waals surface area contributed by atoms with Gasteiger partial charge < -0.3 is 10.1 Å². The van der Waals surface area contributed by atoms with Gasteiger partial charge in [0.1, 0.15) is 10.6 Å². The highest BCUT2D eigenvalue weighted by atomic mass is 35.5. The molecule has 122 valence electrons. The van der Waals surface area contributed by atoms with Crippen LogP contribution in [0.4, 0.5) is 5.00 Å². The van der Waals surface area contributed by atoms with E-state index in [0.717, 1.165) is 12.0 Å². The van der Waals surface area contributed by atoms with E-state index in [1.165, 1.54) is 24.0 Å². The van der Waals surface area contributed by atoms with E-state index in [9.17, 15) is 9.59 Å². The molecule has 1 N–H and O–H groups in total. The van der Waals surface area contributed by atoms with Crippen molar-refractivity contribution in [1.82, 2.24) is 0 Å². The Balaban J connectivity index is 2.44. The zero-order valence-corrected chi connectivity index (χ0v) is 14.9. The molecule has 0 bridgehead atoms. The van der Waals surface area contributed by atoms with Gasteiger partial charge in [-0.2, -0.15) is 0 Å². The molecule has 7 heteroatoms. The van der Waals surface area contributed by atoms with Gasteiger partial charge in [-0.1, -0.05) is 54.4 Å². The number of alkyl halides is 2. The lowest BCUT2D eigenvalue weighted by molar-refractivity contribution is -0.114. The van der Waals surface area contributed by atoms with Crippen LogP contribution in [-0.4, -0.2) is 23.8 Å². The third-order valence-corrected chi connectivity index (χ3v) is 4.58. The highest BCUT2D eigenvalue weighted by Crippen LogP contribution is 2.36. The van der Waals surface area contributed by atoms with Gasteiger partial charge in [0.05, 0.1) is 7.11 Å². The number of carbonyl (C=O) groups is 2. The van der Waals surface area contributed by atoms with Crippen molar-refractivity contribution in [2.75, 3.05) is 12.4 Å². The average molecular weight is 372 g/mol. The van der Waals surface area contributed by atoms with Gasteiger partial charge in [0.15, 0.2) is 4.84 Å². The van der Waals surface area contributed by atoms with Gasteiger partial charge in [-0.15, -0.1) is 11.3 Å². The van der Waals surface area contributed by atoms with Gasteiger partial charge in [-0.05, 0) is 17.5 Å². The largest absolute Gasteiger partial charge is 0.465 e. The summed E-state index contributed by atoms with van der Waals surface area (Å²) in [5.74, 6) is -1.12. The second-order valence-corrected chi connectivity index (χ2v) is 6.66. The van der Waals surface area contributed by atoms with E-state index in [4.69, 9.17) is 27.9 Å². The van der Waals surface area contributed by atoms with E-state index in [2.05, 4.69) is 12.2 Å². The number of esters is 1. The van der Waals surface area contributed by atoms with E-state index in [0.29, 0.717) is 16.1 Å². The van der Waals surface area contributed by atoms with Crippen LogP contribution in [0.1, 0.15) is 22.8 Å². The lowest BCUT2D eigenvalue weighted by atomic mass is 10.0. The number of halogens is 2. The lowest BCUT2D eigenvalue weighted by Gasteiger charge is -2.08. The first-order chi connectivity index (χ1) is 11.0. The molecule has 0 aliphatic rings. The third-order valence-electron chi connectivity index (χ3n) is 3.29. The standard InChI is InChI=1S/C16H15Cl2NO3S/c1-3-9-4-6-10(7-5-9)11-8-23-15(12(11)16(21)22-2)19-14(20)13(17)18/h4-8,13H,3H2,1-2H3,(H,19,20). The summed E-state index contributed by atoms with van der Waals surface area (Å²) < 4.78 is 4.83. The number of hydrogen-bond acceptors (Lipinski definition) is 4. The van der Waals surface area contributed by atoms with Gasteiger partial charge in [0.25, 0.3) is 5.91 Å². The fourth-order valence-corrected chi connectivity index (χ4v) is 3.12. The Kier molecular flexibility index (Phi) is 6.04. The predicted molar refractivity (Wildman–Crippen MR) is 94.6 cm³/mol. The molecular formula is C16H15Cl2NO3S. The maximum Gasteiger partial charge on any atom is 0.341 e. The number of aryl methyl sites for hydroxylation is 1. The summed E-state index contributed by atoms with van der Waals surface area (Å²) in [6.45, 7) is 2.07. The molecule has 2 aromatic rings. The van der Waals surface area contributed by atoms with Crippen LogP contribution in [0.3, 0.4) is 0 Å². The van der Waals surface area contributed by atoms with Crippen molar-refractivity contribution >= 4 is 51.4 Å². The van der Waals surface area contributed by atoms with Crippen molar-refractivity contribution in [3.05, 3.63) is 40.8 Å². The zero-order valence-electron chi connectivity index (χ0n) is 12.6. The first kappa shape index (κ1) is 17.8. The Morgan fingerprint density at radius 2 is 1.91 bits per heavy atom. The SMILES string of the molecule is CCc1ccc(-c2csc(NC(=O)C(Cl)Cl)c2C(=O)OC)cc1. The monoisotopic (exact) mass is 371 g/mol. The van der Waals surface area contributed by atoms with Gasteiger partial charge in [0.2, 0.25) is 0 Å². The molecule has 1 aromatic carbocycles. The van der Waals surface area contributed by atoms with Crippen LogP contribution in [0, 0.1) is 0 Å². The van der Waals surface area contributed by atoms with E-state index in [-0.39, 0.29) is 0 Å². The molecule has 2 rings (SSSR count). The smallest absolute Gasteiger partial charge is 0.341 e. The van der Waals surface area contributed by atoms with Crippen LogP contribution in [0.2, 0.25) is 0 Å². The Labute approximate surface area is 148 Å². The summed E-state index contributed by atoms with van der Waals surface area (Å²) in [4.78, 5) is 22.6. The quantitative estimate of drug-likeness (QED) is 0.621. The van der Waals surface area contributed by atoms with Crippen molar-refractivity contribution in [2.24, 2.45) is 0 Å². The first-order valence-electron chi connectivity index (χ1n) is 6.86. The highest BCUT2D eigenvalue weighted by Gasteiger charge is 2.23. The molecule has 23 heavy (non-hydrogen) atoms. The van der Waals surface area contributed by atoms with Crippen LogP contribution in [0.25, 0.3) is 11.1 Å². The molecule has 0 radical (unpaired) electrons. The average Bonchev–Trinajstić information content (AvgIpc) is 2.97. The molecule has 0 aliphatic carbocycles. The third kappa shape index (κ3) is 4.05. The fraction of sp³-hybridized carbons (Fsp3) is 0.250.